The number of carbonyl (C=O) groups excluding carboxylic acids is 4. The van der Waals surface area contributed by atoms with Crippen LogP contribution in [0.4, 0.5) is 10.5 Å². The molecule has 0 radical (unpaired) electrons. The number of carbonyl (C=O) groups is 4. The molecule has 2 aliphatic heterocycles. The molecule has 3 N–H and O–H groups in total. The van der Waals surface area contributed by atoms with Gasteiger partial charge in [-0.2, -0.15) is 0 Å². The molecule has 3 heterocycles. The molecule has 168 valence electrons. The van der Waals surface area contributed by atoms with Crippen molar-refractivity contribution in [1.29, 1.82) is 0 Å². The predicted molar refractivity (Wildman–Crippen MR) is 121 cm³/mol. The second-order valence-electron chi connectivity index (χ2n) is 8.48. The van der Waals surface area contributed by atoms with Gasteiger partial charge in [0, 0.05) is 28.9 Å². The van der Waals surface area contributed by atoms with E-state index in [2.05, 4.69) is 36.7 Å². The van der Waals surface area contributed by atoms with Crippen LogP contribution in [0.5, 0.6) is 0 Å². The van der Waals surface area contributed by atoms with E-state index in [1.165, 1.54) is 27.4 Å². The van der Waals surface area contributed by atoms with E-state index in [9.17, 15) is 19.2 Å². The highest BCUT2D eigenvalue weighted by molar-refractivity contribution is 7.10. The topological polar surface area (TPSA) is 108 Å². The van der Waals surface area contributed by atoms with Crippen LogP contribution in [-0.4, -0.2) is 34.7 Å². The molecule has 0 unspecified atom stereocenters. The Balaban J connectivity index is 1.39. The van der Waals surface area contributed by atoms with Crippen molar-refractivity contribution in [3.8, 4) is 0 Å². The van der Waals surface area contributed by atoms with Crippen molar-refractivity contribution in [1.82, 2.24) is 15.5 Å². The molecule has 1 aromatic heterocycles. The summed E-state index contributed by atoms with van der Waals surface area (Å²) in [6.45, 7) is 6.87. The molecule has 1 saturated heterocycles. The Bertz CT molecular complexity index is 1110. The standard InChI is InChI=1S/C23H26N4O4S/c1-12(2)15-8-14(5-4-13(15)3)25-23(31)24-9-19-16-10-27(22(30)17(16)11-32-19)18-6-7-20(28)26-21(18)29/h4-5,8,11-12,18H,6-7,9-10H2,1-3H3,(H2,24,25,31)(H,26,28,29)/t18-/m1/s1. The number of urea groups is 1. The van der Waals surface area contributed by atoms with Gasteiger partial charge in [-0.25, -0.2) is 4.79 Å². The summed E-state index contributed by atoms with van der Waals surface area (Å²) in [6.07, 6.45) is 0.550. The Morgan fingerprint density at radius 1 is 1.28 bits per heavy atom. The lowest BCUT2D eigenvalue weighted by molar-refractivity contribution is -0.136. The van der Waals surface area contributed by atoms with E-state index < -0.39 is 11.9 Å². The average molecular weight is 455 g/mol. The van der Waals surface area contributed by atoms with Crippen molar-refractivity contribution in [2.45, 2.75) is 58.7 Å². The fourth-order valence-electron chi connectivity index (χ4n) is 4.23. The van der Waals surface area contributed by atoms with Gasteiger partial charge in [-0.3, -0.25) is 19.7 Å². The van der Waals surface area contributed by atoms with Crippen molar-refractivity contribution >= 4 is 40.8 Å². The van der Waals surface area contributed by atoms with Gasteiger partial charge in [-0.1, -0.05) is 19.9 Å². The molecule has 32 heavy (non-hydrogen) atoms. The molecule has 5 amide bonds. The number of nitrogens with one attached hydrogen (secondary N) is 3. The molecule has 2 aromatic rings. The molecule has 0 saturated carbocycles. The van der Waals surface area contributed by atoms with E-state index in [1.807, 2.05) is 18.2 Å². The van der Waals surface area contributed by atoms with Gasteiger partial charge in [-0.15, -0.1) is 11.3 Å². The number of hydrogen-bond acceptors (Lipinski definition) is 5. The Morgan fingerprint density at radius 2 is 2.06 bits per heavy atom. The molecule has 0 aliphatic carbocycles. The van der Waals surface area contributed by atoms with Crippen molar-refractivity contribution in [2.24, 2.45) is 0 Å². The fourth-order valence-corrected chi connectivity index (χ4v) is 5.20. The van der Waals surface area contributed by atoms with Gasteiger partial charge in [0.05, 0.1) is 12.1 Å². The first kappa shape index (κ1) is 22.0. The van der Waals surface area contributed by atoms with E-state index in [1.54, 1.807) is 5.38 Å². The van der Waals surface area contributed by atoms with Gasteiger partial charge in [-0.05, 0) is 48.1 Å². The first-order chi connectivity index (χ1) is 15.2. The number of benzene rings is 1. The minimum Gasteiger partial charge on any atom is -0.333 e. The molecule has 8 nitrogen and oxygen atoms in total. The summed E-state index contributed by atoms with van der Waals surface area (Å²) in [5.41, 5.74) is 4.50. The summed E-state index contributed by atoms with van der Waals surface area (Å²) in [6, 6.07) is 4.89. The SMILES string of the molecule is Cc1ccc(NC(=O)NCc2scc3c2CN([C@@H]2CCC(=O)NC2=O)C3=O)cc1C(C)C. The van der Waals surface area contributed by atoms with Gasteiger partial charge in [0.25, 0.3) is 5.91 Å². The van der Waals surface area contributed by atoms with Gasteiger partial charge in [0.2, 0.25) is 11.8 Å². The second-order valence-corrected chi connectivity index (χ2v) is 9.45. The number of aryl methyl sites for hydroxylation is 1. The zero-order valence-electron chi connectivity index (χ0n) is 18.3. The van der Waals surface area contributed by atoms with Gasteiger partial charge < -0.3 is 15.5 Å². The molecule has 2 aliphatic rings. The summed E-state index contributed by atoms with van der Waals surface area (Å²) < 4.78 is 0. The van der Waals surface area contributed by atoms with Crippen molar-refractivity contribution in [2.75, 3.05) is 5.32 Å². The fraction of sp³-hybridized carbons (Fsp3) is 0.391. The number of hydrogen-bond donors (Lipinski definition) is 3. The summed E-state index contributed by atoms with van der Waals surface area (Å²) in [4.78, 5) is 51.2. The second kappa shape index (κ2) is 8.74. The highest BCUT2D eigenvalue weighted by Crippen LogP contribution is 2.33. The third-order valence-corrected chi connectivity index (χ3v) is 6.98. The zero-order chi connectivity index (χ0) is 23.0. The van der Waals surface area contributed by atoms with Crippen molar-refractivity contribution < 1.29 is 19.2 Å². The molecule has 1 aromatic carbocycles. The van der Waals surface area contributed by atoms with Gasteiger partial charge in [0.1, 0.15) is 6.04 Å². The number of anilines is 1. The van der Waals surface area contributed by atoms with Crippen molar-refractivity contribution in [3.63, 3.8) is 0 Å². The van der Waals surface area contributed by atoms with Crippen LogP contribution >= 0.6 is 11.3 Å². The molecular formula is C23H26N4O4S. The largest absolute Gasteiger partial charge is 0.333 e. The lowest BCUT2D eigenvalue weighted by Gasteiger charge is -2.29. The van der Waals surface area contributed by atoms with E-state index in [4.69, 9.17) is 0 Å². The van der Waals surface area contributed by atoms with Crippen LogP contribution in [0.3, 0.4) is 0 Å². The first-order valence-corrected chi connectivity index (χ1v) is 11.5. The zero-order valence-corrected chi connectivity index (χ0v) is 19.1. The Morgan fingerprint density at radius 3 is 2.78 bits per heavy atom. The van der Waals surface area contributed by atoms with E-state index in [0.717, 1.165) is 16.1 Å². The third-order valence-electron chi connectivity index (χ3n) is 5.96. The maximum absolute atomic E-state index is 12.8. The predicted octanol–water partition coefficient (Wildman–Crippen LogP) is 3.26. The number of rotatable bonds is 5. The average Bonchev–Trinajstić information content (AvgIpc) is 3.28. The third kappa shape index (κ3) is 4.25. The highest BCUT2D eigenvalue weighted by Gasteiger charge is 2.40. The summed E-state index contributed by atoms with van der Waals surface area (Å²) in [5.74, 6) is -0.584. The smallest absolute Gasteiger partial charge is 0.319 e. The Hall–Kier alpha value is -3.20. The number of fused-ring (bicyclic) bond motifs is 1. The summed E-state index contributed by atoms with van der Waals surface area (Å²) >= 11 is 1.42. The minimum atomic E-state index is -0.640. The molecule has 1 atom stereocenters. The quantitative estimate of drug-likeness (QED) is 0.603. The molecule has 4 rings (SSSR count). The Kier molecular flexibility index (Phi) is 6.01. The van der Waals surface area contributed by atoms with Crippen LogP contribution in [0.1, 0.15) is 64.5 Å². The number of thiophene rings is 1. The normalized spacial score (nSPS) is 18.1. The monoisotopic (exact) mass is 454 g/mol. The molecule has 9 heteroatoms. The number of nitrogens with zero attached hydrogens (tertiary/aromatic N) is 1. The van der Waals surface area contributed by atoms with Crippen LogP contribution in [0, 0.1) is 6.92 Å². The molecule has 1 fully saturated rings. The lowest BCUT2D eigenvalue weighted by atomic mass is 9.97. The summed E-state index contributed by atoms with van der Waals surface area (Å²) in [5, 5.41) is 9.80. The molecule has 0 bridgehead atoms. The Labute approximate surface area is 190 Å². The first-order valence-electron chi connectivity index (χ1n) is 10.6. The number of piperidine rings is 1. The molecule has 0 spiro atoms. The van der Waals surface area contributed by atoms with E-state index in [-0.39, 0.29) is 30.8 Å². The van der Waals surface area contributed by atoms with E-state index in [0.29, 0.717) is 24.4 Å². The highest BCUT2D eigenvalue weighted by atomic mass is 32.1. The number of imide groups is 1. The number of amides is 5. The maximum atomic E-state index is 12.8. The van der Waals surface area contributed by atoms with Gasteiger partial charge >= 0.3 is 6.03 Å². The molecular weight excluding hydrogens is 428 g/mol. The lowest BCUT2D eigenvalue weighted by Crippen LogP contribution is -2.52. The summed E-state index contributed by atoms with van der Waals surface area (Å²) in [7, 11) is 0. The van der Waals surface area contributed by atoms with Crippen LogP contribution in [0.25, 0.3) is 0 Å². The van der Waals surface area contributed by atoms with E-state index >= 15 is 0 Å². The van der Waals surface area contributed by atoms with Crippen LogP contribution in [0.15, 0.2) is 23.6 Å². The minimum absolute atomic E-state index is 0.206. The van der Waals surface area contributed by atoms with Crippen molar-refractivity contribution in [3.05, 3.63) is 50.7 Å². The van der Waals surface area contributed by atoms with Crippen LogP contribution in [0.2, 0.25) is 0 Å². The maximum Gasteiger partial charge on any atom is 0.319 e. The van der Waals surface area contributed by atoms with Gasteiger partial charge in [0.15, 0.2) is 0 Å². The van der Waals surface area contributed by atoms with Crippen LogP contribution in [-0.2, 0) is 22.7 Å². The van der Waals surface area contributed by atoms with Crippen LogP contribution < -0.4 is 16.0 Å².